The van der Waals surface area contributed by atoms with Crippen LogP contribution in [0.15, 0.2) is 18.2 Å². The van der Waals surface area contributed by atoms with Crippen LogP contribution < -0.4 is 5.32 Å². The Hall–Kier alpha value is -1.03. The fourth-order valence-electron chi connectivity index (χ4n) is 2.54. The van der Waals surface area contributed by atoms with Crippen molar-refractivity contribution in [1.29, 1.82) is 0 Å². The number of rotatable bonds is 4. The molecule has 1 saturated carbocycles. The van der Waals surface area contributed by atoms with E-state index in [0.717, 1.165) is 12.2 Å². The molecule has 19 heavy (non-hydrogen) atoms. The number of carbonyl (C=O) groups excluding carboxylic acids is 1. The van der Waals surface area contributed by atoms with Crippen LogP contribution in [-0.2, 0) is 0 Å². The lowest BCUT2D eigenvalue weighted by atomic mass is 10.1. The van der Waals surface area contributed by atoms with Crippen molar-refractivity contribution in [3.05, 3.63) is 35.1 Å². The lowest BCUT2D eigenvalue weighted by molar-refractivity contribution is 0.0938. The van der Waals surface area contributed by atoms with Gasteiger partial charge in [0, 0.05) is 16.9 Å². The standard InChI is InChI=1S/C15H20FNOS/c1-3-19-14-6-4-5-13(14)17-15(18)11-7-8-12(16)10(2)9-11/h7-9,13-14H,3-6H2,1-2H3,(H,17,18). The average Bonchev–Trinajstić information content (AvgIpc) is 2.80. The number of carbonyl (C=O) groups is 1. The predicted molar refractivity (Wildman–Crippen MR) is 78.2 cm³/mol. The predicted octanol–water partition coefficient (Wildman–Crippen LogP) is 3.54. The number of amides is 1. The molecule has 0 bridgehead atoms. The Morgan fingerprint density at radius 1 is 1.47 bits per heavy atom. The number of aryl methyl sites for hydroxylation is 1. The molecule has 2 rings (SSSR count). The van der Waals surface area contributed by atoms with Crippen molar-refractivity contribution in [2.75, 3.05) is 5.75 Å². The highest BCUT2D eigenvalue weighted by Crippen LogP contribution is 2.30. The van der Waals surface area contributed by atoms with Gasteiger partial charge in [0.1, 0.15) is 5.82 Å². The van der Waals surface area contributed by atoms with Crippen molar-refractivity contribution in [3.8, 4) is 0 Å². The van der Waals surface area contributed by atoms with Gasteiger partial charge in [0.25, 0.3) is 5.91 Å². The molecule has 1 fully saturated rings. The highest BCUT2D eigenvalue weighted by Gasteiger charge is 2.28. The van der Waals surface area contributed by atoms with Crippen molar-refractivity contribution < 1.29 is 9.18 Å². The van der Waals surface area contributed by atoms with Crippen molar-refractivity contribution in [1.82, 2.24) is 5.32 Å². The van der Waals surface area contributed by atoms with Crippen LogP contribution >= 0.6 is 11.8 Å². The van der Waals surface area contributed by atoms with E-state index in [0.29, 0.717) is 16.4 Å². The topological polar surface area (TPSA) is 29.1 Å². The van der Waals surface area contributed by atoms with Crippen molar-refractivity contribution in [3.63, 3.8) is 0 Å². The van der Waals surface area contributed by atoms with E-state index in [1.54, 1.807) is 19.1 Å². The van der Waals surface area contributed by atoms with Crippen LogP contribution in [0.2, 0.25) is 0 Å². The molecule has 1 aromatic rings. The second-order valence-electron chi connectivity index (χ2n) is 4.97. The molecule has 1 aliphatic carbocycles. The van der Waals surface area contributed by atoms with E-state index in [2.05, 4.69) is 12.2 Å². The molecule has 0 aliphatic heterocycles. The van der Waals surface area contributed by atoms with Gasteiger partial charge >= 0.3 is 0 Å². The molecule has 0 spiro atoms. The van der Waals surface area contributed by atoms with Gasteiger partial charge in [-0.1, -0.05) is 13.3 Å². The number of halogens is 1. The molecular formula is C15H20FNOS. The molecule has 2 atom stereocenters. The van der Waals surface area contributed by atoms with Crippen LogP contribution in [0.1, 0.15) is 42.1 Å². The van der Waals surface area contributed by atoms with E-state index in [4.69, 9.17) is 0 Å². The minimum Gasteiger partial charge on any atom is -0.348 e. The van der Waals surface area contributed by atoms with Gasteiger partial charge in [0.05, 0.1) is 0 Å². The van der Waals surface area contributed by atoms with Crippen LogP contribution in [-0.4, -0.2) is 23.0 Å². The average molecular weight is 281 g/mol. The Bertz CT molecular complexity index is 463. The van der Waals surface area contributed by atoms with Gasteiger partial charge in [-0.2, -0.15) is 11.8 Å². The van der Waals surface area contributed by atoms with Gasteiger partial charge in [0.15, 0.2) is 0 Å². The summed E-state index contributed by atoms with van der Waals surface area (Å²) in [4.78, 5) is 12.2. The summed E-state index contributed by atoms with van der Waals surface area (Å²) in [7, 11) is 0. The zero-order valence-corrected chi connectivity index (χ0v) is 12.2. The van der Waals surface area contributed by atoms with Gasteiger partial charge in [-0.3, -0.25) is 4.79 Å². The third kappa shape index (κ3) is 3.50. The highest BCUT2D eigenvalue weighted by molar-refractivity contribution is 7.99. The Morgan fingerprint density at radius 3 is 2.95 bits per heavy atom. The summed E-state index contributed by atoms with van der Waals surface area (Å²) in [6.07, 6.45) is 3.39. The van der Waals surface area contributed by atoms with Crippen LogP contribution in [0, 0.1) is 12.7 Å². The van der Waals surface area contributed by atoms with Gasteiger partial charge in [-0.05, 0) is 49.3 Å². The maximum Gasteiger partial charge on any atom is 0.251 e. The molecule has 2 unspecified atom stereocenters. The van der Waals surface area contributed by atoms with E-state index < -0.39 is 0 Å². The lowest BCUT2D eigenvalue weighted by Gasteiger charge is -2.20. The maximum absolute atomic E-state index is 13.2. The van der Waals surface area contributed by atoms with E-state index >= 15 is 0 Å². The van der Waals surface area contributed by atoms with Crippen molar-refractivity contribution >= 4 is 17.7 Å². The fourth-order valence-corrected chi connectivity index (χ4v) is 3.74. The Kier molecular flexibility index (Phi) is 4.86. The van der Waals surface area contributed by atoms with Crippen LogP contribution in [0.25, 0.3) is 0 Å². The molecule has 0 radical (unpaired) electrons. The summed E-state index contributed by atoms with van der Waals surface area (Å²) < 4.78 is 13.2. The summed E-state index contributed by atoms with van der Waals surface area (Å²) in [6.45, 7) is 3.82. The molecule has 1 aromatic carbocycles. The highest BCUT2D eigenvalue weighted by atomic mass is 32.2. The van der Waals surface area contributed by atoms with E-state index in [1.165, 1.54) is 18.9 Å². The van der Waals surface area contributed by atoms with Gasteiger partial charge in [0.2, 0.25) is 0 Å². The van der Waals surface area contributed by atoms with E-state index in [1.807, 2.05) is 11.8 Å². The first kappa shape index (κ1) is 14.4. The minimum absolute atomic E-state index is 0.0864. The van der Waals surface area contributed by atoms with Crippen molar-refractivity contribution in [2.24, 2.45) is 0 Å². The Balaban J connectivity index is 2.02. The molecule has 2 nitrogen and oxygen atoms in total. The molecule has 1 aliphatic rings. The smallest absolute Gasteiger partial charge is 0.251 e. The molecular weight excluding hydrogens is 261 g/mol. The van der Waals surface area contributed by atoms with Crippen molar-refractivity contribution in [2.45, 2.75) is 44.4 Å². The Labute approximate surface area is 118 Å². The third-order valence-corrected chi connectivity index (χ3v) is 4.90. The van der Waals surface area contributed by atoms with Crippen LogP contribution in [0.4, 0.5) is 4.39 Å². The van der Waals surface area contributed by atoms with E-state index in [9.17, 15) is 9.18 Å². The molecule has 0 heterocycles. The summed E-state index contributed by atoms with van der Waals surface area (Å²) in [6, 6.07) is 4.77. The van der Waals surface area contributed by atoms with Crippen LogP contribution in [0.5, 0.6) is 0 Å². The second kappa shape index (κ2) is 6.42. The van der Waals surface area contributed by atoms with E-state index in [-0.39, 0.29) is 17.8 Å². The molecule has 1 amide bonds. The van der Waals surface area contributed by atoms with Crippen LogP contribution in [0.3, 0.4) is 0 Å². The zero-order chi connectivity index (χ0) is 13.8. The van der Waals surface area contributed by atoms with Gasteiger partial charge in [-0.15, -0.1) is 0 Å². The number of hydrogen-bond donors (Lipinski definition) is 1. The summed E-state index contributed by atoms with van der Waals surface area (Å²) in [5.41, 5.74) is 1.06. The summed E-state index contributed by atoms with van der Waals surface area (Å²) in [5, 5.41) is 3.62. The third-order valence-electron chi connectivity index (χ3n) is 3.57. The normalized spacial score (nSPS) is 22.5. The summed E-state index contributed by atoms with van der Waals surface area (Å²) >= 11 is 1.92. The quantitative estimate of drug-likeness (QED) is 0.914. The molecule has 1 N–H and O–H groups in total. The van der Waals surface area contributed by atoms with Gasteiger partial charge in [-0.25, -0.2) is 4.39 Å². The first-order chi connectivity index (χ1) is 9.11. The minimum atomic E-state index is -0.267. The second-order valence-corrected chi connectivity index (χ2v) is 6.48. The molecule has 0 aromatic heterocycles. The number of benzene rings is 1. The lowest BCUT2D eigenvalue weighted by Crippen LogP contribution is -2.38. The largest absolute Gasteiger partial charge is 0.348 e. The SMILES string of the molecule is CCSC1CCCC1NC(=O)c1ccc(F)c(C)c1. The molecule has 4 heteroatoms. The fraction of sp³-hybridized carbons (Fsp3) is 0.533. The number of nitrogens with one attached hydrogen (secondary N) is 1. The molecule has 104 valence electrons. The maximum atomic E-state index is 13.2. The first-order valence-corrected chi connectivity index (χ1v) is 7.85. The summed E-state index contributed by atoms with van der Waals surface area (Å²) in [5.74, 6) is 0.723. The zero-order valence-electron chi connectivity index (χ0n) is 11.4. The number of thioether (sulfide) groups is 1. The first-order valence-electron chi connectivity index (χ1n) is 6.80. The van der Waals surface area contributed by atoms with Gasteiger partial charge < -0.3 is 5.32 Å². The number of hydrogen-bond acceptors (Lipinski definition) is 2. The Morgan fingerprint density at radius 2 is 2.26 bits per heavy atom. The molecule has 0 saturated heterocycles. The monoisotopic (exact) mass is 281 g/mol.